The lowest BCUT2D eigenvalue weighted by molar-refractivity contribution is 0.597. The van der Waals surface area contributed by atoms with Crippen LogP contribution in [0, 0.1) is 18.3 Å². The lowest BCUT2D eigenvalue weighted by Gasteiger charge is -2.01. The van der Waals surface area contributed by atoms with E-state index in [0.29, 0.717) is 0 Å². The molecule has 1 aromatic rings. The van der Waals surface area contributed by atoms with E-state index in [0.717, 1.165) is 17.4 Å². The van der Waals surface area contributed by atoms with Gasteiger partial charge in [-0.1, -0.05) is 29.8 Å². The van der Waals surface area contributed by atoms with Crippen molar-refractivity contribution in [1.82, 2.24) is 0 Å². The first kappa shape index (κ1) is 12.1. The minimum absolute atomic E-state index is 0.414. The fraction of sp³-hybridized carbons (Fsp3) is 0.417. The van der Waals surface area contributed by atoms with Crippen LogP contribution >= 0.6 is 0 Å². The Bertz CT molecular complexity index is 586. The van der Waals surface area contributed by atoms with Crippen molar-refractivity contribution in [3.05, 3.63) is 35.4 Å². The molecule has 0 bridgehead atoms. The van der Waals surface area contributed by atoms with Gasteiger partial charge in [-0.25, -0.2) is 8.42 Å². The van der Waals surface area contributed by atoms with Crippen LogP contribution < -0.4 is 5.73 Å². The second-order valence-electron chi connectivity index (χ2n) is 4.68. The summed E-state index contributed by atoms with van der Waals surface area (Å²) >= 11 is 0. The molecule has 0 heterocycles. The summed E-state index contributed by atoms with van der Waals surface area (Å²) in [4.78, 5) is 0. The summed E-state index contributed by atoms with van der Waals surface area (Å²) in [6.45, 7) is 1.95. The summed E-state index contributed by atoms with van der Waals surface area (Å²) < 4.78 is 23.2. The molecule has 5 heteroatoms. The molecule has 17 heavy (non-hydrogen) atoms. The average molecular weight is 250 g/mol. The normalized spacial score (nSPS) is 31.9. The summed E-state index contributed by atoms with van der Waals surface area (Å²) in [7, 11) is -3.30. The van der Waals surface area contributed by atoms with Gasteiger partial charge >= 0.3 is 0 Å². The van der Waals surface area contributed by atoms with E-state index < -0.39 is 26.5 Å². The smallest absolute Gasteiger partial charge is 0.153 e. The predicted molar refractivity (Wildman–Crippen MR) is 65.1 cm³/mol. The minimum Gasteiger partial charge on any atom is -0.312 e. The molecule has 1 saturated carbocycles. The molecule has 90 valence electrons. The lowest BCUT2D eigenvalue weighted by Crippen LogP contribution is -2.28. The van der Waals surface area contributed by atoms with E-state index in [2.05, 4.69) is 0 Å². The van der Waals surface area contributed by atoms with Gasteiger partial charge in [0.1, 0.15) is 10.8 Å². The number of nitrogens with two attached hydrogens (primary N) is 1. The summed E-state index contributed by atoms with van der Waals surface area (Å²) in [5, 5.41) is 8.26. The monoisotopic (exact) mass is 250 g/mol. The number of aryl methyl sites for hydroxylation is 1. The Kier molecular flexibility index (Phi) is 2.53. The molecule has 2 rings (SSSR count). The third kappa shape index (κ3) is 1.84. The number of hydrogen-bond donors (Lipinski definition) is 1. The maximum absolute atomic E-state index is 11.6. The molecule has 4 nitrogen and oxygen atoms in total. The van der Waals surface area contributed by atoms with Gasteiger partial charge in [-0.15, -0.1) is 0 Å². The van der Waals surface area contributed by atoms with Crippen molar-refractivity contribution in [2.45, 2.75) is 23.6 Å². The predicted octanol–water partition coefficient (Wildman–Crippen LogP) is 0.726. The SMILES string of the molecule is Cc1ccc([C@@H]2[C@@H](S(C)(=O)=O)[C@@]2(N)C#N)cc1. The molecule has 1 aliphatic carbocycles. The Morgan fingerprint density at radius 3 is 2.24 bits per heavy atom. The largest absolute Gasteiger partial charge is 0.312 e. The van der Waals surface area contributed by atoms with Crippen molar-refractivity contribution >= 4 is 9.84 Å². The van der Waals surface area contributed by atoms with Gasteiger partial charge in [-0.2, -0.15) is 5.26 Å². The van der Waals surface area contributed by atoms with E-state index in [9.17, 15) is 8.42 Å². The summed E-state index contributed by atoms with van der Waals surface area (Å²) in [5.41, 5.74) is 6.48. The van der Waals surface area contributed by atoms with Crippen LogP contribution in [0.5, 0.6) is 0 Å². The number of nitriles is 1. The van der Waals surface area contributed by atoms with Gasteiger partial charge in [-0.05, 0) is 12.5 Å². The van der Waals surface area contributed by atoms with E-state index >= 15 is 0 Å². The highest BCUT2D eigenvalue weighted by atomic mass is 32.2. The van der Waals surface area contributed by atoms with E-state index in [-0.39, 0.29) is 0 Å². The number of benzene rings is 1. The summed E-state index contributed by atoms with van der Waals surface area (Å²) in [6.07, 6.45) is 1.13. The third-order valence-corrected chi connectivity index (χ3v) is 4.86. The van der Waals surface area contributed by atoms with Crippen molar-refractivity contribution in [2.75, 3.05) is 6.26 Å². The number of nitrogens with zero attached hydrogens (tertiary/aromatic N) is 1. The van der Waals surface area contributed by atoms with Gasteiger partial charge in [0.05, 0.1) is 6.07 Å². The molecule has 0 amide bonds. The highest BCUT2D eigenvalue weighted by molar-refractivity contribution is 7.91. The minimum atomic E-state index is -3.30. The Balaban J connectivity index is 2.42. The van der Waals surface area contributed by atoms with Gasteiger partial charge in [0.15, 0.2) is 9.84 Å². The highest BCUT2D eigenvalue weighted by Crippen LogP contribution is 2.53. The second kappa shape index (κ2) is 3.56. The Hall–Kier alpha value is -1.38. The zero-order valence-electron chi connectivity index (χ0n) is 9.71. The van der Waals surface area contributed by atoms with Gasteiger partial charge in [0.25, 0.3) is 0 Å². The molecular weight excluding hydrogens is 236 g/mol. The quantitative estimate of drug-likeness (QED) is 0.838. The molecule has 1 fully saturated rings. The number of hydrogen-bond acceptors (Lipinski definition) is 4. The van der Waals surface area contributed by atoms with Crippen LogP contribution in [-0.4, -0.2) is 25.5 Å². The average Bonchev–Trinajstić information content (AvgIpc) is 2.87. The summed E-state index contributed by atoms with van der Waals surface area (Å²) in [6, 6.07) is 9.40. The Morgan fingerprint density at radius 1 is 1.35 bits per heavy atom. The Morgan fingerprint density at radius 2 is 1.88 bits per heavy atom. The zero-order valence-corrected chi connectivity index (χ0v) is 10.5. The van der Waals surface area contributed by atoms with Crippen molar-refractivity contribution < 1.29 is 8.42 Å². The number of sulfone groups is 1. The van der Waals surface area contributed by atoms with Gasteiger partial charge < -0.3 is 5.73 Å². The standard InChI is InChI=1S/C12H14N2O2S/c1-8-3-5-9(6-4-8)10-11(17(2,15)16)12(10,14)7-13/h3-6,10-11H,14H2,1-2H3/t10-,11-,12-/m1/s1. The van der Waals surface area contributed by atoms with Crippen LogP contribution in [-0.2, 0) is 9.84 Å². The van der Waals surface area contributed by atoms with Crippen LogP contribution in [0.25, 0.3) is 0 Å². The summed E-state index contributed by atoms with van der Waals surface area (Å²) in [5.74, 6) is -0.414. The van der Waals surface area contributed by atoms with E-state index in [4.69, 9.17) is 11.0 Å². The van der Waals surface area contributed by atoms with Crippen LogP contribution in [0.3, 0.4) is 0 Å². The molecule has 0 saturated heterocycles. The first-order chi connectivity index (χ1) is 7.80. The first-order valence-electron chi connectivity index (χ1n) is 5.26. The van der Waals surface area contributed by atoms with Crippen molar-refractivity contribution in [3.63, 3.8) is 0 Å². The van der Waals surface area contributed by atoms with Crippen molar-refractivity contribution in [1.29, 1.82) is 5.26 Å². The van der Waals surface area contributed by atoms with E-state index in [1.807, 2.05) is 37.3 Å². The zero-order chi connectivity index (χ0) is 12.8. The molecule has 3 atom stereocenters. The molecule has 1 aromatic carbocycles. The molecule has 0 aliphatic heterocycles. The maximum atomic E-state index is 11.6. The molecule has 0 spiro atoms. The molecule has 1 aliphatic rings. The third-order valence-electron chi connectivity index (χ3n) is 3.27. The molecule has 0 radical (unpaired) electrons. The molecule has 2 N–H and O–H groups in total. The van der Waals surface area contributed by atoms with Crippen LogP contribution in [0.1, 0.15) is 17.0 Å². The first-order valence-corrected chi connectivity index (χ1v) is 7.21. The second-order valence-corrected chi connectivity index (χ2v) is 6.85. The molecule has 0 unspecified atom stereocenters. The van der Waals surface area contributed by atoms with Crippen LogP contribution in [0.4, 0.5) is 0 Å². The molecular formula is C12H14N2O2S. The fourth-order valence-electron chi connectivity index (χ4n) is 2.33. The van der Waals surface area contributed by atoms with E-state index in [1.165, 1.54) is 0 Å². The van der Waals surface area contributed by atoms with Gasteiger partial charge in [-0.3, -0.25) is 0 Å². The topological polar surface area (TPSA) is 83.9 Å². The highest BCUT2D eigenvalue weighted by Gasteiger charge is 2.69. The van der Waals surface area contributed by atoms with Gasteiger partial charge in [0, 0.05) is 12.2 Å². The van der Waals surface area contributed by atoms with Crippen LogP contribution in [0.2, 0.25) is 0 Å². The molecule has 0 aromatic heterocycles. The van der Waals surface area contributed by atoms with E-state index in [1.54, 1.807) is 0 Å². The lowest BCUT2D eigenvalue weighted by atomic mass is 10.1. The van der Waals surface area contributed by atoms with Crippen LogP contribution in [0.15, 0.2) is 24.3 Å². The number of rotatable bonds is 2. The van der Waals surface area contributed by atoms with Crippen molar-refractivity contribution in [2.24, 2.45) is 5.73 Å². The maximum Gasteiger partial charge on any atom is 0.153 e. The van der Waals surface area contributed by atoms with Gasteiger partial charge in [0.2, 0.25) is 0 Å². The Labute approximate surface area is 101 Å². The van der Waals surface area contributed by atoms with Crippen molar-refractivity contribution in [3.8, 4) is 6.07 Å². The fourth-order valence-corrected chi connectivity index (χ4v) is 4.04.